The van der Waals surface area contributed by atoms with Crippen molar-refractivity contribution >= 4 is 0 Å². The molecule has 1 fully saturated rings. The molecule has 19 heavy (non-hydrogen) atoms. The average molecular weight is 277 g/mol. The molecule has 1 heterocycles. The van der Waals surface area contributed by atoms with Gasteiger partial charge in [0.2, 0.25) is 5.89 Å². The van der Waals surface area contributed by atoms with Crippen LogP contribution in [0.4, 0.5) is 13.2 Å². The summed E-state index contributed by atoms with van der Waals surface area (Å²) in [5.41, 5.74) is 5.27. The lowest BCUT2D eigenvalue weighted by molar-refractivity contribution is -0.185. The summed E-state index contributed by atoms with van der Waals surface area (Å²) in [5.74, 6) is -0.414. The van der Waals surface area contributed by atoms with Gasteiger partial charge in [0, 0.05) is 6.42 Å². The molecule has 1 saturated carbocycles. The summed E-state index contributed by atoms with van der Waals surface area (Å²) in [6, 6.07) is 0. The molecule has 0 radical (unpaired) electrons. The minimum absolute atomic E-state index is 0.0254. The monoisotopic (exact) mass is 277 g/mol. The van der Waals surface area contributed by atoms with E-state index in [2.05, 4.69) is 10.1 Å². The Bertz CT molecular complexity index is 422. The minimum atomic E-state index is -4.13. The normalized spacial score (nSPS) is 28.6. The third kappa shape index (κ3) is 3.08. The van der Waals surface area contributed by atoms with Gasteiger partial charge in [-0.3, -0.25) is 0 Å². The zero-order chi connectivity index (χ0) is 14.1. The number of aryl methyl sites for hydroxylation is 1. The second-order valence-electron chi connectivity index (χ2n) is 5.23. The molecule has 0 amide bonds. The number of nitrogens with two attached hydrogens (primary N) is 1. The third-order valence-electron chi connectivity index (χ3n) is 3.72. The molecule has 0 atom stereocenters. The SMILES string of the molecule is CCCc1nc(C2(N)CCC(C(F)(F)F)CC2)no1. The fourth-order valence-electron chi connectivity index (χ4n) is 2.46. The number of aromatic nitrogens is 2. The number of alkyl halides is 3. The maximum Gasteiger partial charge on any atom is 0.391 e. The van der Waals surface area contributed by atoms with E-state index in [9.17, 15) is 13.2 Å². The van der Waals surface area contributed by atoms with Gasteiger partial charge in [0.1, 0.15) is 0 Å². The average Bonchev–Trinajstić information content (AvgIpc) is 2.78. The molecule has 0 aromatic carbocycles. The van der Waals surface area contributed by atoms with Crippen LogP contribution in [0.3, 0.4) is 0 Å². The summed E-state index contributed by atoms with van der Waals surface area (Å²) in [7, 11) is 0. The van der Waals surface area contributed by atoms with Gasteiger partial charge in [0.25, 0.3) is 0 Å². The maximum absolute atomic E-state index is 12.6. The molecule has 108 valence electrons. The molecule has 1 aromatic rings. The Kier molecular flexibility index (Phi) is 3.85. The zero-order valence-corrected chi connectivity index (χ0v) is 10.8. The summed E-state index contributed by atoms with van der Waals surface area (Å²) in [6.07, 6.45) is -2.07. The van der Waals surface area contributed by atoms with Crippen molar-refractivity contribution < 1.29 is 17.7 Å². The van der Waals surface area contributed by atoms with E-state index in [1.54, 1.807) is 0 Å². The Morgan fingerprint density at radius 2 is 2.00 bits per heavy atom. The molecule has 1 aliphatic rings. The van der Waals surface area contributed by atoms with Crippen LogP contribution in [-0.2, 0) is 12.0 Å². The first-order chi connectivity index (χ1) is 8.85. The first kappa shape index (κ1) is 14.3. The fraction of sp³-hybridized carbons (Fsp3) is 0.833. The van der Waals surface area contributed by atoms with Crippen LogP contribution in [0.2, 0.25) is 0 Å². The van der Waals surface area contributed by atoms with E-state index in [0.717, 1.165) is 6.42 Å². The van der Waals surface area contributed by atoms with Gasteiger partial charge in [-0.25, -0.2) is 0 Å². The van der Waals surface area contributed by atoms with Crippen molar-refractivity contribution in [3.63, 3.8) is 0 Å². The maximum atomic E-state index is 12.6. The highest BCUT2D eigenvalue weighted by Crippen LogP contribution is 2.43. The van der Waals surface area contributed by atoms with Crippen LogP contribution in [0.15, 0.2) is 4.52 Å². The van der Waals surface area contributed by atoms with Gasteiger partial charge in [-0.15, -0.1) is 0 Å². The Morgan fingerprint density at radius 1 is 1.37 bits per heavy atom. The molecule has 0 aliphatic heterocycles. The molecule has 0 bridgehead atoms. The topological polar surface area (TPSA) is 64.9 Å². The van der Waals surface area contributed by atoms with Gasteiger partial charge in [-0.1, -0.05) is 12.1 Å². The standard InChI is InChI=1S/C12H18F3N3O/c1-2-3-9-17-10(18-19-9)11(16)6-4-8(5-7-11)12(13,14)15/h8H,2-7,16H2,1H3. The minimum Gasteiger partial charge on any atom is -0.339 e. The largest absolute Gasteiger partial charge is 0.391 e. The van der Waals surface area contributed by atoms with Crippen molar-refractivity contribution in [1.29, 1.82) is 0 Å². The van der Waals surface area contributed by atoms with Crippen molar-refractivity contribution in [2.24, 2.45) is 11.7 Å². The van der Waals surface area contributed by atoms with Crippen LogP contribution in [0.5, 0.6) is 0 Å². The predicted molar refractivity (Wildman–Crippen MR) is 62.2 cm³/mol. The molecule has 4 nitrogen and oxygen atoms in total. The second-order valence-corrected chi connectivity index (χ2v) is 5.23. The molecular formula is C12H18F3N3O. The Hall–Kier alpha value is -1.11. The number of halogens is 3. The van der Waals surface area contributed by atoms with E-state index in [1.807, 2.05) is 6.92 Å². The first-order valence-corrected chi connectivity index (χ1v) is 6.54. The molecule has 0 spiro atoms. The van der Waals surface area contributed by atoms with Gasteiger partial charge < -0.3 is 10.3 Å². The highest BCUT2D eigenvalue weighted by atomic mass is 19.4. The van der Waals surface area contributed by atoms with Crippen LogP contribution in [0.1, 0.15) is 50.7 Å². The second kappa shape index (κ2) is 5.11. The number of hydrogen-bond acceptors (Lipinski definition) is 4. The van der Waals surface area contributed by atoms with E-state index in [-0.39, 0.29) is 25.7 Å². The highest BCUT2D eigenvalue weighted by Gasteiger charge is 2.46. The fourth-order valence-corrected chi connectivity index (χ4v) is 2.46. The molecule has 0 saturated heterocycles. The molecule has 7 heteroatoms. The van der Waals surface area contributed by atoms with Gasteiger partial charge in [0.05, 0.1) is 11.5 Å². The predicted octanol–water partition coefficient (Wildman–Crippen LogP) is 2.93. The Labute approximate surface area is 109 Å². The van der Waals surface area contributed by atoms with Crippen LogP contribution in [0.25, 0.3) is 0 Å². The molecular weight excluding hydrogens is 259 g/mol. The van der Waals surface area contributed by atoms with Crippen LogP contribution >= 0.6 is 0 Å². The molecule has 2 N–H and O–H groups in total. The van der Waals surface area contributed by atoms with Gasteiger partial charge in [-0.2, -0.15) is 18.2 Å². The van der Waals surface area contributed by atoms with E-state index in [1.165, 1.54) is 0 Å². The van der Waals surface area contributed by atoms with Crippen molar-refractivity contribution in [3.05, 3.63) is 11.7 Å². The van der Waals surface area contributed by atoms with Gasteiger partial charge >= 0.3 is 6.18 Å². The quantitative estimate of drug-likeness (QED) is 0.922. The van der Waals surface area contributed by atoms with Crippen molar-refractivity contribution in [1.82, 2.24) is 10.1 Å². The number of hydrogen-bond donors (Lipinski definition) is 1. The van der Waals surface area contributed by atoms with Crippen LogP contribution in [0, 0.1) is 5.92 Å². The lowest BCUT2D eigenvalue weighted by Gasteiger charge is -2.35. The van der Waals surface area contributed by atoms with Crippen LogP contribution in [-0.4, -0.2) is 16.3 Å². The van der Waals surface area contributed by atoms with E-state index < -0.39 is 17.6 Å². The summed E-state index contributed by atoms with van der Waals surface area (Å²) in [6.45, 7) is 1.98. The van der Waals surface area contributed by atoms with E-state index in [0.29, 0.717) is 18.1 Å². The number of nitrogens with zero attached hydrogens (tertiary/aromatic N) is 2. The summed E-state index contributed by atoms with van der Waals surface area (Å²) in [5, 5.41) is 3.83. The summed E-state index contributed by atoms with van der Waals surface area (Å²) >= 11 is 0. The zero-order valence-electron chi connectivity index (χ0n) is 10.8. The lowest BCUT2D eigenvalue weighted by atomic mass is 9.76. The molecule has 2 rings (SSSR count). The molecule has 1 aromatic heterocycles. The Balaban J connectivity index is 2.04. The van der Waals surface area contributed by atoms with Crippen molar-refractivity contribution in [3.8, 4) is 0 Å². The Morgan fingerprint density at radius 3 is 2.53 bits per heavy atom. The summed E-state index contributed by atoms with van der Waals surface area (Å²) < 4.78 is 42.9. The lowest BCUT2D eigenvalue weighted by Crippen LogP contribution is -2.43. The van der Waals surface area contributed by atoms with Gasteiger partial charge in [-0.05, 0) is 32.1 Å². The van der Waals surface area contributed by atoms with Gasteiger partial charge in [0.15, 0.2) is 5.82 Å². The van der Waals surface area contributed by atoms with Crippen LogP contribution < -0.4 is 5.73 Å². The smallest absolute Gasteiger partial charge is 0.339 e. The van der Waals surface area contributed by atoms with Crippen molar-refractivity contribution in [2.45, 2.75) is 57.2 Å². The molecule has 1 aliphatic carbocycles. The van der Waals surface area contributed by atoms with E-state index in [4.69, 9.17) is 10.3 Å². The van der Waals surface area contributed by atoms with Crippen molar-refractivity contribution in [2.75, 3.05) is 0 Å². The molecule has 0 unspecified atom stereocenters. The summed E-state index contributed by atoms with van der Waals surface area (Å²) in [4.78, 5) is 4.20. The highest BCUT2D eigenvalue weighted by molar-refractivity contribution is 5.06. The third-order valence-corrected chi connectivity index (χ3v) is 3.72. The first-order valence-electron chi connectivity index (χ1n) is 6.54. The number of rotatable bonds is 3. The van der Waals surface area contributed by atoms with E-state index >= 15 is 0 Å².